The van der Waals surface area contributed by atoms with Crippen molar-refractivity contribution in [3.05, 3.63) is 28.2 Å². The molecule has 1 aliphatic heterocycles. The summed E-state index contributed by atoms with van der Waals surface area (Å²) in [5.41, 5.74) is 1.93. The van der Waals surface area contributed by atoms with Crippen molar-refractivity contribution in [3.63, 3.8) is 0 Å². The Morgan fingerprint density at radius 3 is 3.05 bits per heavy atom. The van der Waals surface area contributed by atoms with Gasteiger partial charge >= 0.3 is 0 Å². The summed E-state index contributed by atoms with van der Waals surface area (Å²) in [6.45, 7) is 3.90. The van der Waals surface area contributed by atoms with Crippen LogP contribution < -0.4 is 10.6 Å². The minimum absolute atomic E-state index is 0.0280. The minimum Gasteiger partial charge on any atom is -0.377 e. The van der Waals surface area contributed by atoms with Crippen molar-refractivity contribution in [2.75, 3.05) is 25.0 Å². The van der Waals surface area contributed by atoms with Crippen LogP contribution in [0.15, 0.2) is 22.7 Å². The first kappa shape index (κ1) is 14.5. The van der Waals surface area contributed by atoms with Crippen LogP contribution in [0.5, 0.6) is 0 Å². The molecule has 1 aromatic carbocycles. The van der Waals surface area contributed by atoms with E-state index < -0.39 is 0 Å². The number of carbonyl (C=O) groups is 1. The van der Waals surface area contributed by atoms with Crippen molar-refractivity contribution in [2.24, 2.45) is 0 Å². The molecule has 0 spiro atoms. The average Bonchev–Trinajstić information content (AvgIpc) is 2.87. The van der Waals surface area contributed by atoms with Gasteiger partial charge in [-0.05, 0) is 43.5 Å². The van der Waals surface area contributed by atoms with E-state index in [9.17, 15) is 4.79 Å². The van der Waals surface area contributed by atoms with Gasteiger partial charge in [0.25, 0.3) is 0 Å². The Morgan fingerprint density at radius 1 is 1.53 bits per heavy atom. The van der Waals surface area contributed by atoms with Crippen molar-refractivity contribution >= 4 is 27.5 Å². The number of hydrogen-bond acceptors (Lipinski definition) is 3. The van der Waals surface area contributed by atoms with Gasteiger partial charge in [-0.2, -0.15) is 0 Å². The van der Waals surface area contributed by atoms with Gasteiger partial charge < -0.3 is 15.4 Å². The molecule has 0 bridgehead atoms. The Labute approximate surface area is 122 Å². The number of ether oxygens (including phenoxy) is 1. The largest absolute Gasteiger partial charge is 0.377 e. The van der Waals surface area contributed by atoms with Gasteiger partial charge in [-0.3, -0.25) is 4.79 Å². The van der Waals surface area contributed by atoms with Gasteiger partial charge in [0.2, 0.25) is 5.91 Å². The molecule has 0 aliphatic carbocycles. The highest BCUT2D eigenvalue weighted by atomic mass is 79.9. The van der Waals surface area contributed by atoms with E-state index in [1.165, 1.54) is 0 Å². The predicted octanol–water partition coefficient (Wildman–Crippen LogP) is 2.46. The molecule has 1 saturated heterocycles. The molecule has 0 aromatic heterocycles. The number of carbonyl (C=O) groups excluding carboxylic acids is 1. The number of hydrogen-bond donors (Lipinski definition) is 2. The van der Waals surface area contributed by atoms with Crippen LogP contribution >= 0.6 is 15.9 Å². The molecule has 1 heterocycles. The molecule has 19 heavy (non-hydrogen) atoms. The lowest BCUT2D eigenvalue weighted by Crippen LogP contribution is -2.33. The standard InChI is InChI=1S/C14H19BrN2O2/c1-10-7-11(4-5-13(10)15)17-14(18)9-16-8-12-3-2-6-19-12/h4-5,7,12,16H,2-3,6,8-9H2,1H3,(H,17,18)/t12-/m0/s1. The van der Waals surface area contributed by atoms with Gasteiger partial charge in [0.05, 0.1) is 12.6 Å². The molecular formula is C14H19BrN2O2. The maximum absolute atomic E-state index is 11.8. The highest BCUT2D eigenvalue weighted by molar-refractivity contribution is 9.10. The summed E-state index contributed by atoms with van der Waals surface area (Å²) in [6.07, 6.45) is 2.47. The van der Waals surface area contributed by atoms with Gasteiger partial charge in [0, 0.05) is 23.3 Å². The third-order valence-electron chi connectivity index (χ3n) is 3.12. The summed E-state index contributed by atoms with van der Waals surface area (Å²) in [4.78, 5) is 11.8. The van der Waals surface area contributed by atoms with E-state index in [0.717, 1.165) is 41.7 Å². The van der Waals surface area contributed by atoms with Crippen LogP contribution in [-0.2, 0) is 9.53 Å². The molecule has 2 N–H and O–H groups in total. The molecule has 1 aliphatic rings. The van der Waals surface area contributed by atoms with Crippen molar-refractivity contribution in [3.8, 4) is 0 Å². The van der Waals surface area contributed by atoms with Crippen LogP contribution in [-0.4, -0.2) is 31.7 Å². The third kappa shape index (κ3) is 4.60. The second kappa shape index (κ2) is 7.03. The molecule has 2 rings (SSSR count). The van der Waals surface area contributed by atoms with Crippen LogP contribution in [0.2, 0.25) is 0 Å². The lowest BCUT2D eigenvalue weighted by atomic mass is 10.2. The molecule has 0 unspecified atom stereocenters. The Bertz CT molecular complexity index is 445. The maximum atomic E-state index is 11.8. The fraction of sp³-hybridized carbons (Fsp3) is 0.500. The third-order valence-corrected chi connectivity index (χ3v) is 4.01. The van der Waals surface area contributed by atoms with E-state index in [1.807, 2.05) is 25.1 Å². The zero-order valence-corrected chi connectivity index (χ0v) is 12.6. The molecule has 1 atom stereocenters. The first-order valence-electron chi connectivity index (χ1n) is 6.53. The highest BCUT2D eigenvalue weighted by Crippen LogP contribution is 2.19. The van der Waals surface area contributed by atoms with Crippen LogP contribution in [0.1, 0.15) is 18.4 Å². The predicted molar refractivity (Wildman–Crippen MR) is 79.4 cm³/mol. The minimum atomic E-state index is -0.0280. The smallest absolute Gasteiger partial charge is 0.238 e. The summed E-state index contributed by atoms with van der Waals surface area (Å²) >= 11 is 3.44. The van der Waals surface area contributed by atoms with E-state index >= 15 is 0 Å². The number of anilines is 1. The highest BCUT2D eigenvalue weighted by Gasteiger charge is 2.15. The summed E-state index contributed by atoms with van der Waals surface area (Å²) in [5.74, 6) is -0.0280. The number of rotatable bonds is 5. The Balaban J connectivity index is 1.72. The first-order valence-corrected chi connectivity index (χ1v) is 7.33. The summed E-state index contributed by atoms with van der Waals surface area (Å²) in [5, 5.41) is 6.00. The van der Waals surface area contributed by atoms with E-state index in [4.69, 9.17) is 4.74 Å². The average molecular weight is 327 g/mol. The quantitative estimate of drug-likeness (QED) is 0.873. The van der Waals surface area contributed by atoms with E-state index in [1.54, 1.807) is 0 Å². The number of benzene rings is 1. The molecule has 1 amide bonds. The van der Waals surface area contributed by atoms with Gasteiger partial charge in [-0.25, -0.2) is 0 Å². The maximum Gasteiger partial charge on any atom is 0.238 e. The van der Waals surface area contributed by atoms with Gasteiger partial charge in [-0.1, -0.05) is 15.9 Å². The van der Waals surface area contributed by atoms with Crippen molar-refractivity contribution in [2.45, 2.75) is 25.9 Å². The summed E-state index contributed by atoms with van der Waals surface area (Å²) < 4.78 is 6.53. The molecule has 0 saturated carbocycles. The second-order valence-corrected chi connectivity index (χ2v) is 5.63. The Morgan fingerprint density at radius 2 is 2.37 bits per heavy atom. The lowest BCUT2D eigenvalue weighted by Gasteiger charge is -2.11. The molecule has 104 valence electrons. The fourth-order valence-electron chi connectivity index (χ4n) is 2.08. The first-order chi connectivity index (χ1) is 9.15. The van der Waals surface area contributed by atoms with E-state index in [2.05, 4.69) is 26.6 Å². The number of nitrogens with one attached hydrogen (secondary N) is 2. The van der Waals surface area contributed by atoms with E-state index in [0.29, 0.717) is 6.54 Å². The topological polar surface area (TPSA) is 50.4 Å². The summed E-state index contributed by atoms with van der Waals surface area (Å²) in [7, 11) is 0. The molecule has 5 heteroatoms. The normalized spacial score (nSPS) is 18.5. The summed E-state index contributed by atoms with van der Waals surface area (Å²) in [6, 6.07) is 5.77. The molecule has 0 radical (unpaired) electrons. The van der Waals surface area contributed by atoms with Crippen molar-refractivity contribution in [1.82, 2.24) is 5.32 Å². The monoisotopic (exact) mass is 326 g/mol. The zero-order valence-electron chi connectivity index (χ0n) is 11.0. The van der Waals surface area contributed by atoms with Crippen LogP contribution in [0.25, 0.3) is 0 Å². The Kier molecular flexibility index (Phi) is 5.36. The second-order valence-electron chi connectivity index (χ2n) is 4.78. The lowest BCUT2D eigenvalue weighted by molar-refractivity contribution is -0.115. The van der Waals surface area contributed by atoms with E-state index in [-0.39, 0.29) is 12.0 Å². The molecular weight excluding hydrogens is 308 g/mol. The van der Waals surface area contributed by atoms with Crippen LogP contribution in [0.4, 0.5) is 5.69 Å². The molecule has 4 nitrogen and oxygen atoms in total. The van der Waals surface area contributed by atoms with Crippen molar-refractivity contribution in [1.29, 1.82) is 0 Å². The zero-order chi connectivity index (χ0) is 13.7. The van der Waals surface area contributed by atoms with Gasteiger partial charge in [-0.15, -0.1) is 0 Å². The number of aryl methyl sites for hydroxylation is 1. The van der Waals surface area contributed by atoms with Crippen molar-refractivity contribution < 1.29 is 9.53 Å². The van der Waals surface area contributed by atoms with Crippen LogP contribution in [0, 0.1) is 6.92 Å². The molecule has 1 fully saturated rings. The Hall–Kier alpha value is -0.910. The molecule has 1 aromatic rings. The van der Waals surface area contributed by atoms with Gasteiger partial charge in [0.15, 0.2) is 0 Å². The van der Waals surface area contributed by atoms with Gasteiger partial charge in [0.1, 0.15) is 0 Å². The number of amides is 1. The number of halogens is 1. The SMILES string of the molecule is Cc1cc(NC(=O)CNC[C@@H]2CCCO2)ccc1Br. The fourth-order valence-corrected chi connectivity index (χ4v) is 2.33. The van der Waals surface area contributed by atoms with Crippen LogP contribution in [0.3, 0.4) is 0 Å².